The second kappa shape index (κ2) is 9.69. The number of carbonyl (C=O) groups is 2. The van der Waals surface area contributed by atoms with Gasteiger partial charge in [-0.15, -0.1) is 0 Å². The molecule has 2 aromatic rings. The van der Waals surface area contributed by atoms with Crippen molar-refractivity contribution in [1.29, 1.82) is 0 Å². The first-order valence-electron chi connectivity index (χ1n) is 11.8. The molecule has 0 spiro atoms. The fraction of sp³-hybridized carbons (Fsp3) is 0.542. The van der Waals surface area contributed by atoms with E-state index in [1.54, 1.807) is 0 Å². The summed E-state index contributed by atoms with van der Waals surface area (Å²) in [6.45, 7) is 7.01. The van der Waals surface area contributed by atoms with E-state index in [-0.39, 0.29) is 18.0 Å². The minimum Gasteiger partial charge on any atom is -0.380 e. The summed E-state index contributed by atoms with van der Waals surface area (Å²) in [6, 6.07) is 8.26. The van der Waals surface area contributed by atoms with Gasteiger partial charge in [0.2, 0.25) is 0 Å². The van der Waals surface area contributed by atoms with Crippen LogP contribution in [0.4, 0.5) is 15.6 Å². The van der Waals surface area contributed by atoms with Gasteiger partial charge in [0.05, 0.1) is 12.3 Å². The number of nitrogens with one attached hydrogen (secondary N) is 1. The van der Waals surface area contributed by atoms with Crippen molar-refractivity contribution < 1.29 is 14.3 Å². The molecule has 3 aliphatic rings. The molecule has 0 unspecified atom stereocenters. The Morgan fingerprint density at radius 2 is 1.94 bits per heavy atom. The van der Waals surface area contributed by atoms with Crippen molar-refractivity contribution in [3.63, 3.8) is 0 Å². The fourth-order valence-electron chi connectivity index (χ4n) is 4.92. The van der Waals surface area contributed by atoms with Crippen LogP contribution < -0.4 is 10.2 Å². The summed E-state index contributed by atoms with van der Waals surface area (Å²) in [5, 5.41) is 3.99. The molecule has 8 nitrogen and oxygen atoms in total. The number of urea groups is 1. The first-order chi connectivity index (χ1) is 16.1. The molecule has 176 valence electrons. The first-order valence-corrected chi connectivity index (χ1v) is 12.7. The number of aryl methyl sites for hydroxylation is 1. The highest BCUT2D eigenvalue weighted by molar-refractivity contribution is 7.17. The molecule has 33 heavy (non-hydrogen) atoms. The van der Waals surface area contributed by atoms with Gasteiger partial charge in [-0.1, -0.05) is 29.5 Å². The van der Waals surface area contributed by atoms with Crippen molar-refractivity contribution in [2.24, 2.45) is 0 Å². The van der Waals surface area contributed by atoms with Gasteiger partial charge in [-0.3, -0.25) is 4.79 Å². The molecular weight excluding hydrogens is 438 g/mol. The van der Waals surface area contributed by atoms with E-state index in [1.807, 2.05) is 34.9 Å². The Kier molecular flexibility index (Phi) is 6.50. The number of nitrogens with zero attached hydrogens (tertiary/aromatic N) is 4. The number of hydrogen-bond acceptors (Lipinski definition) is 6. The second-order valence-corrected chi connectivity index (χ2v) is 9.90. The minimum absolute atomic E-state index is 0.00203. The van der Waals surface area contributed by atoms with Crippen molar-refractivity contribution in [1.82, 2.24) is 14.8 Å². The lowest BCUT2D eigenvalue weighted by atomic mass is 10.0. The molecule has 3 amide bonds. The summed E-state index contributed by atoms with van der Waals surface area (Å²) < 4.78 is 5.49. The molecule has 0 atom stereocenters. The van der Waals surface area contributed by atoms with Crippen LogP contribution in [0.15, 0.2) is 24.3 Å². The van der Waals surface area contributed by atoms with Crippen LogP contribution in [0.5, 0.6) is 0 Å². The van der Waals surface area contributed by atoms with E-state index in [2.05, 4.69) is 16.3 Å². The minimum atomic E-state index is -0.00203. The SMILES string of the molecule is Cc1nc(N2CCC(N3CCc4ccccc4NC3=O)CC2)sc1C(=O)N1CCCOCC1. The highest BCUT2D eigenvalue weighted by Gasteiger charge is 2.31. The van der Waals surface area contributed by atoms with E-state index in [9.17, 15) is 9.59 Å². The summed E-state index contributed by atoms with van der Waals surface area (Å²) in [4.78, 5) is 37.6. The average molecular weight is 470 g/mol. The van der Waals surface area contributed by atoms with Gasteiger partial charge in [-0.2, -0.15) is 0 Å². The fourth-order valence-corrected chi connectivity index (χ4v) is 6.00. The lowest BCUT2D eigenvalue weighted by Crippen LogP contribution is -2.48. The summed E-state index contributed by atoms with van der Waals surface area (Å²) in [6.07, 6.45) is 3.54. The molecule has 0 bridgehead atoms. The van der Waals surface area contributed by atoms with E-state index >= 15 is 0 Å². The zero-order valence-electron chi connectivity index (χ0n) is 19.1. The lowest BCUT2D eigenvalue weighted by molar-refractivity contribution is 0.0745. The van der Waals surface area contributed by atoms with E-state index in [0.717, 1.165) is 73.3 Å². The number of carbonyl (C=O) groups excluding carboxylic acids is 2. The average Bonchev–Trinajstić information content (AvgIpc) is 2.98. The summed E-state index contributed by atoms with van der Waals surface area (Å²) in [5.74, 6) is 0.0671. The molecule has 2 fully saturated rings. The van der Waals surface area contributed by atoms with Gasteiger partial charge in [-0.25, -0.2) is 9.78 Å². The largest absolute Gasteiger partial charge is 0.380 e. The van der Waals surface area contributed by atoms with Gasteiger partial charge in [0, 0.05) is 51.1 Å². The van der Waals surface area contributed by atoms with Gasteiger partial charge in [0.1, 0.15) is 4.88 Å². The van der Waals surface area contributed by atoms with Crippen molar-refractivity contribution in [3.8, 4) is 0 Å². The molecule has 1 aromatic carbocycles. The van der Waals surface area contributed by atoms with Crippen LogP contribution in [0.2, 0.25) is 0 Å². The van der Waals surface area contributed by atoms with Crippen LogP contribution in [0.25, 0.3) is 0 Å². The Morgan fingerprint density at radius 3 is 2.79 bits per heavy atom. The van der Waals surface area contributed by atoms with Crippen molar-refractivity contribution in [2.45, 2.75) is 38.6 Å². The van der Waals surface area contributed by atoms with Gasteiger partial charge >= 0.3 is 6.03 Å². The number of aromatic nitrogens is 1. The first kappa shape index (κ1) is 22.2. The molecule has 0 aliphatic carbocycles. The Bertz CT molecular complexity index is 1010. The molecule has 1 N–H and O–H groups in total. The van der Waals surface area contributed by atoms with Gasteiger partial charge in [-0.05, 0) is 44.2 Å². The Labute approximate surface area is 198 Å². The number of para-hydroxylation sites is 1. The number of amides is 3. The number of fused-ring (bicyclic) bond motifs is 1. The topological polar surface area (TPSA) is 78.0 Å². The molecular formula is C24H31N5O3S. The van der Waals surface area contributed by atoms with Crippen molar-refractivity contribution in [2.75, 3.05) is 56.2 Å². The molecule has 4 heterocycles. The van der Waals surface area contributed by atoms with Gasteiger partial charge < -0.3 is 24.8 Å². The zero-order valence-corrected chi connectivity index (χ0v) is 19.9. The number of ether oxygens (including phenoxy) is 1. The lowest BCUT2D eigenvalue weighted by Gasteiger charge is -2.37. The number of benzene rings is 1. The zero-order chi connectivity index (χ0) is 22.8. The van der Waals surface area contributed by atoms with E-state index in [0.29, 0.717) is 19.8 Å². The van der Waals surface area contributed by atoms with Crippen LogP contribution in [0, 0.1) is 6.92 Å². The number of piperidine rings is 1. The monoisotopic (exact) mass is 469 g/mol. The van der Waals surface area contributed by atoms with Gasteiger partial charge in [0.25, 0.3) is 5.91 Å². The van der Waals surface area contributed by atoms with E-state index in [4.69, 9.17) is 9.72 Å². The predicted octanol–water partition coefficient (Wildman–Crippen LogP) is 3.37. The number of anilines is 2. The van der Waals surface area contributed by atoms with E-state index < -0.39 is 0 Å². The highest BCUT2D eigenvalue weighted by Crippen LogP contribution is 2.31. The highest BCUT2D eigenvalue weighted by atomic mass is 32.1. The maximum absolute atomic E-state index is 13.1. The van der Waals surface area contributed by atoms with Gasteiger partial charge in [0.15, 0.2) is 5.13 Å². The molecule has 9 heteroatoms. The van der Waals surface area contributed by atoms with Crippen molar-refractivity contribution in [3.05, 3.63) is 40.4 Å². The third-order valence-electron chi connectivity index (χ3n) is 6.81. The number of hydrogen-bond donors (Lipinski definition) is 1. The van der Waals surface area contributed by atoms with Crippen LogP contribution in [0.3, 0.4) is 0 Å². The summed E-state index contributed by atoms with van der Waals surface area (Å²) in [5.41, 5.74) is 2.92. The molecule has 0 saturated carbocycles. The maximum Gasteiger partial charge on any atom is 0.322 e. The number of rotatable bonds is 3. The second-order valence-electron chi connectivity index (χ2n) is 8.92. The van der Waals surface area contributed by atoms with Crippen LogP contribution in [-0.4, -0.2) is 78.7 Å². The molecule has 3 aliphatic heterocycles. The maximum atomic E-state index is 13.1. The predicted molar refractivity (Wildman–Crippen MR) is 129 cm³/mol. The van der Waals surface area contributed by atoms with Crippen molar-refractivity contribution >= 4 is 34.1 Å². The molecule has 5 rings (SSSR count). The van der Waals surface area contributed by atoms with Crippen LogP contribution in [-0.2, 0) is 11.2 Å². The quantitative estimate of drug-likeness (QED) is 0.746. The smallest absolute Gasteiger partial charge is 0.322 e. The van der Waals surface area contributed by atoms with Crippen LogP contribution >= 0.6 is 11.3 Å². The third-order valence-corrected chi connectivity index (χ3v) is 8.01. The third kappa shape index (κ3) is 4.70. The summed E-state index contributed by atoms with van der Waals surface area (Å²) >= 11 is 1.50. The molecule has 2 saturated heterocycles. The van der Waals surface area contributed by atoms with Crippen LogP contribution in [0.1, 0.15) is 40.2 Å². The Balaban J connectivity index is 1.21. The summed E-state index contributed by atoms with van der Waals surface area (Å²) in [7, 11) is 0. The Hall–Kier alpha value is -2.65. The molecule has 1 aromatic heterocycles. The molecule has 0 radical (unpaired) electrons. The Morgan fingerprint density at radius 1 is 1.12 bits per heavy atom. The van der Waals surface area contributed by atoms with E-state index in [1.165, 1.54) is 16.9 Å². The number of thiazole rings is 1. The normalized spacial score (nSPS) is 20.2. The standard InChI is InChI=1S/C24H31N5O3S/c1-17-21(22(30)27-10-4-15-32-16-14-27)33-24(25-17)28-11-8-19(9-12-28)29-13-7-18-5-2-3-6-20(18)26-23(29)31/h2-3,5-6,19H,4,7-16H2,1H3,(H,26,31).